The smallest absolute Gasteiger partial charge is 0.159 e. The third-order valence-corrected chi connectivity index (χ3v) is 2.70. The number of imidazole rings is 1. The summed E-state index contributed by atoms with van der Waals surface area (Å²) in [6.07, 6.45) is 5.90. The minimum Gasteiger partial charge on any atom is -0.304 e. The van der Waals surface area contributed by atoms with Crippen LogP contribution < -0.4 is 0 Å². The Morgan fingerprint density at radius 3 is 2.50 bits per heavy atom. The molecule has 2 aromatic rings. The number of nitrogens with zero attached hydrogens (tertiary/aromatic N) is 3. The number of hydrogen-bond donors (Lipinski definition) is 0. The van der Waals surface area contributed by atoms with Gasteiger partial charge in [0, 0.05) is 24.0 Å². The molecule has 0 amide bonds. The first-order chi connectivity index (χ1) is 7.39. The summed E-state index contributed by atoms with van der Waals surface area (Å²) >= 11 is 0. The minimum atomic E-state index is 0.0299. The van der Waals surface area contributed by atoms with Gasteiger partial charge in [-0.25, -0.2) is 4.98 Å². The van der Waals surface area contributed by atoms with Gasteiger partial charge in [0.15, 0.2) is 5.65 Å². The van der Waals surface area contributed by atoms with Gasteiger partial charge in [-0.15, -0.1) is 0 Å². The average molecular weight is 217 g/mol. The van der Waals surface area contributed by atoms with Crippen LogP contribution in [0.2, 0.25) is 0 Å². The van der Waals surface area contributed by atoms with Gasteiger partial charge in [-0.1, -0.05) is 34.6 Å². The van der Waals surface area contributed by atoms with E-state index in [1.54, 1.807) is 0 Å². The molecule has 2 rings (SSSR count). The summed E-state index contributed by atoms with van der Waals surface area (Å²) in [7, 11) is 0. The lowest BCUT2D eigenvalue weighted by molar-refractivity contribution is 0.570. The Kier molecular flexibility index (Phi) is 2.49. The molecule has 3 nitrogen and oxygen atoms in total. The first-order valence-electron chi connectivity index (χ1n) is 5.73. The maximum absolute atomic E-state index is 4.68. The summed E-state index contributed by atoms with van der Waals surface area (Å²) in [5.74, 6) is 0.452. The zero-order valence-corrected chi connectivity index (χ0v) is 10.7. The fraction of sp³-hybridized carbons (Fsp3) is 0.538. The molecule has 3 heteroatoms. The van der Waals surface area contributed by atoms with Gasteiger partial charge in [-0.05, 0) is 5.92 Å². The molecule has 0 atom stereocenters. The van der Waals surface area contributed by atoms with Crippen LogP contribution in [0.15, 0.2) is 18.6 Å². The average Bonchev–Trinajstić information content (AvgIpc) is 2.58. The van der Waals surface area contributed by atoms with Crippen molar-refractivity contribution in [1.29, 1.82) is 0 Å². The third-order valence-electron chi connectivity index (χ3n) is 2.70. The second kappa shape index (κ2) is 3.58. The van der Waals surface area contributed by atoms with E-state index < -0.39 is 0 Å². The van der Waals surface area contributed by atoms with Crippen molar-refractivity contribution in [3.05, 3.63) is 30.0 Å². The molecule has 2 heterocycles. The molecular formula is C13H19N3. The van der Waals surface area contributed by atoms with Crippen LogP contribution in [0, 0.1) is 0 Å². The SMILES string of the molecule is CC(C)c1cn2ccnc(C(C)(C)C)c2n1. The maximum atomic E-state index is 4.68. The normalized spacial score (nSPS) is 12.6. The molecule has 2 aromatic heterocycles. The first-order valence-corrected chi connectivity index (χ1v) is 5.73. The Morgan fingerprint density at radius 1 is 1.25 bits per heavy atom. The number of fused-ring (bicyclic) bond motifs is 1. The van der Waals surface area contributed by atoms with Crippen LogP contribution in [0.1, 0.15) is 51.9 Å². The lowest BCUT2D eigenvalue weighted by Gasteiger charge is -2.17. The quantitative estimate of drug-likeness (QED) is 0.734. The van der Waals surface area contributed by atoms with Gasteiger partial charge in [0.05, 0.1) is 11.4 Å². The predicted molar refractivity (Wildman–Crippen MR) is 65.8 cm³/mol. The molecule has 0 aliphatic carbocycles. The van der Waals surface area contributed by atoms with E-state index in [9.17, 15) is 0 Å². The van der Waals surface area contributed by atoms with Crippen molar-refractivity contribution >= 4 is 5.65 Å². The molecule has 16 heavy (non-hydrogen) atoms. The molecule has 86 valence electrons. The van der Waals surface area contributed by atoms with E-state index in [4.69, 9.17) is 0 Å². The van der Waals surface area contributed by atoms with E-state index >= 15 is 0 Å². The van der Waals surface area contributed by atoms with E-state index in [0.717, 1.165) is 17.0 Å². The molecule has 0 aliphatic heterocycles. The van der Waals surface area contributed by atoms with E-state index in [0.29, 0.717) is 5.92 Å². The van der Waals surface area contributed by atoms with Gasteiger partial charge in [0.1, 0.15) is 0 Å². The molecular weight excluding hydrogens is 198 g/mol. The molecule has 0 spiro atoms. The molecule has 0 fully saturated rings. The Balaban J connectivity index is 2.68. The lowest BCUT2D eigenvalue weighted by atomic mass is 9.92. The molecule has 0 N–H and O–H groups in total. The molecule has 0 aromatic carbocycles. The monoisotopic (exact) mass is 217 g/mol. The molecule has 0 unspecified atom stereocenters. The summed E-state index contributed by atoms with van der Waals surface area (Å²) in [6.45, 7) is 10.8. The minimum absolute atomic E-state index is 0.0299. The van der Waals surface area contributed by atoms with Crippen LogP contribution in [-0.2, 0) is 5.41 Å². The van der Waals surface area contributed by atoms with Crippen molar-refractivity contribution in [2.24, 2.45) is 0 Å². The lowest BCUT2D eigenvalue weighted by Crippen LogP contribution is -2.15. The summed E-state index contributed by atoms with van der Waals surface area (Å²) in [5, 5.41) is 0. The molecule has 0 aliphatic rings. The zero-order valence-electron chi connectivity index (χ0n) is 10.7. The fourth-order valence-electron chi connectivity index (χ4n) is 1.75. The Hall–Kier alpha value is -1.38. The molecule has 0 radical (unpaired) electrons. The van der Waals surface area contributed by atoms with E-state index in [1.165, 1.54) is 0 Å². The zero-order chi connectivity index (χ0) is 11.9. The summed E-state index contributed by atoms with van der Waals surface area (Å²) in [5.41, 5.74) is 3.20. The van der Waals surface area contributed by atoms with Crippen LogP contribution in [0.3, 0.4) is 0 Å². The summed E-state index contributed by atoms with van der Waals surface area (Å²) < 4.78 is 2.07. The Bertz CT molecular complexity index is 503. The van der Waals surface area contributed by atoms with Gasteiger partial charge < -0.3 is 4.40 Å². The number of rotatable bonds is 1. The van der Waals surface area contributed by atoms with E-state index in [1.807, 2.05) is 12.4 Å². The Morgan fingerprint density at radius 2 is 1.94 bits per heavy atom. The van der Waals surface area contributed by atoms with Crippen LogP contribution in [0.25, 0.3) is 5.65 Å². The van der Waals surface area contributed by atoms with E-state index in [2.05, 4.69) is 55.2 Å². The highest BCUT2D eigenvalue weighted by atomic mass is 15.0. The summed E-state index contributed by atoms with van der Waals surface area (Å²) in [6, 6.07) is 0. The predicted octanol–water partition coefficient (Wildman–Crippen LogP) is 3.15. The van der Waals surface area contributed by atoms with Gasteiger partial charge >= 0.3 is 0 Å². The second-order valence-corrected chi connectivity index (χ2v) is 5.58. The highest BCUT2D eigenvalue weighted by Gasteiger charge is 2.20. The fourth-order valence-corrected chi connectivity index (χ4v) is 1.75. The van der Waals surface area contributed by atoms with Gasteiger partial charge in [0.2, 0.25) is 0 Å². The van der Waals surface area contributed by atoms with Crippen molar-refractivity contribution < 1.29 is 0 Å². The van der Waals surface area contributed by atoms with Crippen molar-refractivity contribution in [3.63, 3.8) is 0 Å². The van der Waals surface area contributed by atoms with Gasteiger partial charge in [-0.2, -0.15) is 0 Å². The highest BCUT2D eigenvalue weighted by molar-refractivity contribution is 5.48. The van der Waals surface area contributed by atoms with Crippen LogP contribution in [0.5, 0.6) is 0 Å². The number of hydrogen-bond acceptors (Lipinski definition) is 2. The second-order valence-electron chi connectivity index (χ2n) is 5.58. The first kappa shape index (κ1) is 11.1. The van der Waals surface area contributed by atoms with E-state index in [-0.39, 0.29) is 5.41 Å². The van der Waals surface area contributed by atoms with Crippen LogP contribution in [0.4, 0.5) is 0 Å². The highest BCUT2D eigenvalue weighted by Crippen LogP contribution is 2.25. The molecule has 0 saturated carbocycles. The molecule has 0 saturated heterocycles. The van der Waals surface area contributed by atoms with Gasteiger partial charge in [0.25, 0.3) is 0 Å². The maximum Gasteiger partial charge on any atom is 0.159 e. The summed E-state index contributed by atoms with van der Waals surface area (Å²) in [4.78, 5) is 9.15. The van der Waals surface area contributed by atoms with Crippen molar-refractivity contribution in [3.8, 4) is 0 Å². The third kappa shape index (κ3) is 1.82. The van der Waals surface area contributed by atoms with Gasteiger partial charge in [-0.3, -0.25) is 4.98 Å². The standard InChI is InChI=1S/C13H19N3/c1-9(2)10-8-16-7-6-14-11(12(16)15-10)13(3,4)5/h6-9H,1-5H3. The largest absolute Gasteiger partial charge is 0.304 e. The van der Waals surface area contributed by atoms with Crippen molar-refractivity contribution in [2.75, 3.05) is 0 Å². The Labute approximate surface area is 96.5 Å². The van der Waals surface area contributed by atoms with Crippen LogP contribution >= 0.6 is 0 Å². The van der Waals surface area contributed by atoms with Crippen molar-refractivity contribution in [1.82, 2.24) is 14.4 Å². The number of aromatic nitrogens is 3. The van der Waals surface area contributed by atoms with Crippen LogP contribution in [-0.4, -0.2) is 14.4 Å². The van der Waals surface area contributed by atoms with Crippen molar-refractivity contribution in [2.45, 2.75) is 46.0 Å². The topological polar surface area (TPSA) is 30.2 Å². The molecule has 0 bridgehead atoms.